The lowest BCUT2D eigenvalue weighted by Crippen LogP contribution is -2.34. The monoisotopic (exact) mass is 580 g/mol. The molecule has 3 atom stereocenters. The zero-order valence-corrected chi connectivity index (χ0v) is 20.2. The predicted octanol–water partition coefficient (Wildman–Crippen LogP) is 2.91. The number of carbonyl (C=O) groups excluding carboxylic acids is 2. The van der Waals surface area contributed by atoms with Gasteiger partial charge in [0.15, 0.2) is 0 Å². The summed E-state index contributed by atoms with van der Waals surface area (Å²) in [5.74, 6) is -0.0455. The van der Waals surface area contributed by atoms with Gasteiger partial charge in [0.1, 0.15) is 36.1 Å². The number of nitrogens with zero attached hydrogens (tertiary/aromatic N) is 2. The molecule has 2 aromatic carbocycles. The van der Waals surface area contributed by atoms with Gasteiger partial charge in [-0.05, 0) is 65.4 Å². The Bertz CT molecular complexity index is 1200. The number of urea groups is 1. The summed E-state index contributed by atoms with van der Waals surface area (Å²) in [6.07, 6.45) is 0.481. The molecule has 0 spiro atoms. The molecule has 0 aliphatic carbocycles. The lowest BCUT2D eigenvalue weighted by atomic mass is 10.1. The van der Waals surface area contributed by atoms with Crippen LogP contribution in [0.1, 0.15) is 30.4 Å². The molecule has 1 aliphatic heterocycles. The maximum atomic E-state index is 14.3. The molecule has 3 aromatic rings. The van der Waals surface area contributed by atoms with E-state index >= 15 is 0 Å². The van der Waals surface area contributed by atoms with Crippen LogP contribution in [0, 0.1) is 9.39 Å². The molecule has 0 radical (unpaired) electrons. The highest BCUT2D eigenvalue weighted by molar-refractivity contribution is 14.1. The number of imide groups is 1. The Morgan fingerprint density at radius 2 is 1.97 bits per heavy atom. The molecule has 11 heteroatoms. The highest BCUT2D eigenvalue weighted by Gasteiger charge is 2.42. The third kappa shape index (κ3) is 4.91. The topological polar surface area (TPSA) is 128 Å². The van der Waals surface area contributed by atoms with E-state index in [1.165, 1.54) is 12.3 Å². The number of benzene rings is 2. The van der Waals surface area contributed by atoms with Crippen molar-refractivity contribution < 1.29 is 28.9 Å². The molecule has 1 saturated heterocycles. The fourth-order valence-corrected chi connectivity index (χ4v) is 4.06. The van der Waals surface area contributed by atoms with Gasteiger partial charge in [0.2, 0.25) is 0 Å². The van der Waals surface area contributed by atoms with E-state index in [2.05, 4.69) is 15.3 Å². The minimum absolute atomic E-state index is 0.0719. The van der Waals surface area contributed by atoms with Crippen LogP contribution in [0.25, 0.3) is 11.3 Å². The zero-order valence-electron chi connectivity index (χ0n) is 18.0. The number of imidazole rings is 1. The van der Waals surface area contributed by atoms with Crippen molar-refractivity contribution in [2.24, 2.45) is 0 Å². The van der Waals surface area contributed by atoms with Gasteiger partial charge in [0, 0.05) is 9.13 Å². The molecule has 9 nitrogen and oxygen atoms in total. The second kappa shape index (κ2) is 10.1. The summed E-state index contributed by atoms with van der Waals surface area (Å²) < 4.78 is 20.5. The molecule has 0 saturated carbocycles. The van der Waals surface area contributed by atoms with Crippen molar-refractivity contribution in [1.29, 1.82) is 0 Å². The van der Waals surface area contributed by atoms with Crippen LogP contribution in [0.3, 0.4) is 0 Å². The molecule has 3 amide bonds. The lowest BCUT2D eigenvalue weighted by molar-refractivity contribution is -0.129. The van der Waals surface area contributed by atoms with Crippen molar-refractivity contribution in [2.45, 2.75) is 25.1 Å². The maximum Gasteiger partial charge on any atom is 0.325 e. The number of hydrogen-bond donors (Lipinski definition) is 4. The zero-order chi connectivity index (χ0) is 24.4. The fraction of sp³-hybridized carbons (Fsp3) is 0.261. The van der Waals surface area contributed by atoms with E-state index < -0.39 is 42.6 Å². The van der Waals surface area contributed by atoms with E-state index in [1.54, 1.807) is 43.3 Å². The maximum absolute atomic E-state index is 14.3. The Hall–Kier alpha value is -3.03. The number of amides is 3. The Morgan fingerprint density at radius 1 is 1.24 bits per heavy atom. The average Bonchev–Trinajstić information content (AvgIpc) is 3.42. The first kappa shape index (κ1) is 24.1. The smallest absolute Gasteiger partial charge is 0.325 e. The number of aromatic nitrogens is 2. The minimum Gasteiger partial charge on any atom is -0.491 e. The van der Waals surface area contributed by atoms with Gasteiger partial charge >= 0.3 is 6.03 Å². The second-order valence-electron chi connectivity index (χ2n) is 7.79. The summed E-state index contributed by atoms with van der Waals surface area (Å²) in [7, 11) is 0. The number of hydrogen-bond acceptors (Lipinski definition) is 6. The summed E-state index contributed by atoms with van der Waals surface area (Å²) in [5.41, 5.74) is 1.35. The van der Waals surface area contributed by atoms with Crippen LogP contribution in [-0.2, 0) is 4.79 Å². The standard InChI is InChI=1S/C23H22FIN4O5/c1-12(21-26-9-19(27-21)17-7-4-14(25)8-18(17)24)29-22(32)20(28-23(29)33)13-2-5-16(6-3-13)34-11-15(31)10-30/h2-9,12,15,20,30-31H,10-11H2,1H3,(H,26,27)(H,28,33)/t12-,15+,20+/m0/s1. The number of halogens is 2. The van der Waals surface area contributed by atoms with Crippen molar-refractivity contribution >= 4 is 34.5 Å². The molecule has 0 bridgehead atoms. The normalized spacial score (nSPS) is 17.6. The molecule has 4 N–H and O–H groups in total. The molecule has 0 unspecified atom stereocenters. The largest absolute Gasteiger partial charge is 0.491 e. The van der Waals surface area contributed by atoms with Crippen LogP contribution >= 0.6 is 22.6 Å². The Labute approximate surface area is 208 Å². The number of aliphatic hydroxyl groups is 2. The van der Waals surface area contributed by atoms with Gasteiger partial charge in [-0.2, -0.15) is 0 Å². The van der Waals surface area contributed by atoms with Crippen molar-refractivity contribution in [3.8, 4) is 17.0 Å². The Kier molecular flexibility index (Phi) is 7.14. The Morgan fingerprint density at radius 3 is 2.65 bits per heavy atom. The summed E-state index contributed by atoms with van der Waals surface area (Å²) in [6, 6.07) is 9.18. The van der Waals surface area contributed by atoms with Crippen molar-refractivity contribution in [1.82, 2.24) is 20.2 Å². The number of aliphatic hydroxyl groups excluding tert-OH is 2. The first-order valence-electron chi connectivity index (χ1n) is 10.4. The highest BCUT2D eigenvalue weighted by atomic mass is 127. The number of rotatable bonds is 8. The van der Waals surface area contributed by atoms with Crippen LogP contribution in [0.2, 0.25) is 0 Å². The molecular weight excluding hydrogens is 558 g/mol. The van der Waals surface area contributed by atoms with Crippen molar-refractivity contribution in [3.05, 3.63) is 69.4 Å². The van der Waals surface area contributed by atoms with E-state index in [9.17, 15) is 19.1 Å². The number of ether oxygens (including phenoxy) is 1. The van der Waals surface area contributed by atoms with Crippen molar-refractivity contribution in [2.75, 3.05) is 13.2 Å². The molecule has 1 fully saturated rings. The molecule has 2 heterocycles. The molecular formula is C23H22FIN4O5. The quantitative estimate of drug-likeness (QED) is 0.240. The third-order valence-electron chi connectivity index (χ3n) is 5.44. The highest BCUT2D eigenvalue weighted by Crippen LogP contribution is 2.31. The van der Waals surface area contributed by atoms with E-state index in [1.807, 2.05) is 22.6 Å². The summed E-state index contributed by atoms with van der Waals surface area (Å²) in [5, 5.41) is 20.9. The summed E-state index contributed by atoms with van der Waals surface area (Å²) in [4.78, 5) is 34.1. The van der Waals surface area contributed by atoms with Crippen LogP contribution in [0.4, 0.5) is 9.18 Å². The van der Waals surface area contributed by atoms with Gasteiger partial charge in [-0.3, -0.25) is 9.69 Å². The van der Waals surface area contributed by atoms with Gasteiger partial charge < -0.3 is 25.3 Å². The SMILES string of the molecule is C[C@@H](c1ncc(-c2ccc(I)cc2F)[nH]1)N1C(=O)N[C@H](c2ccc(OC[C@H](O)CO)cc2)C1=O. The van der Waals surface area contributed by atoms with Crippen LogP contribution < -0.4 is 10.1 Å². The minimum atomic E-state index is -0.991. The van der Waals surface area contributed by atoms with Gasteiger partial charge in [-0.1, -0.05) is 12.1 Å². The molecule has 1 aromatic heterocycles. The average molecular weight is 580 g/mol. The van der Waals surface area contributed by atoms with E-state index in [0.717, 1.165) is 8.47 Å². The van der Waals surface area contributed by atoms with Gasteiger partial charge in [-0.15, -0.1) is 0 Å². The number of aromatic amines is 1. The molecule has 34 heavy (non-hydrogen) atoms. The fourth-order valence-electron chi connectivity index (χ4n) is 3.60. The molecule has 1 aliphatic rings. The predicted molar refractivity (Wildman–Crippen MR) is 128 cm³/mol. The number of carbonyl (C=O) groups is 2. The Balaban J connectivity index is 1.48. The van der Waals surface area contributed by atoms with Crippen molar-refractivity contribution in [3.63, 3.8) is 0 Å². The van der Waals surface area contributed by atoms with Crippen LogP contribution in [-0.4, -0.2) is 56.3 Å². The molecule has 178 valence electrons. The summed E-state index contributed by atoms with van der Waals surface area (Å²) >= 11 is 2.02. The van der Waals surface area contributed by atoms with Gasteiger partial charge in [-0.25, -0.2) is 14.2 Å². The van der Waals surface area contributed by atoms with E-state index in [4.69, 9.17) is 9.84 Å². The number of nitrogens with one attached hydrogen (secondary N) is 2. The molecule has 4 rings (SSSR count). The van der Waals surface area contributed by atoms with Gasteiger partial charge in [0.05, 0.1) is 24.5 Å². The van der Waals surface area contributed by atoms with E-state index in [-0.39, 0.29) is 6.61 Å². The van der Waals surface area contributed by atoms with Gasteiger partial charge in [0.25, 0.3) is 5.91 Å². The van der Waals surface area contributed by atoms with E-state index in [0.29, 0.717) is 28.4 Å². The lowest BCUT2D eigenvalue weighted by Gasteiger charge is -2.19. The number of H-pyrrole nitrogens is 1. The second-order valence-corrected chi connectivity index (χ2v) is 9.04. The van der Waals surface area contributed by atoms with Crippen LogP contribution in [0.5, 0.6) is 5.75 Å². The first-order chi connectivity index (χ1) is 16.3. The third-order valence-corrected chi connectivity index (χ3v) is 6.11. The van der Waals surface area contributed by atoms with Crippen LogP contribution in [0.15, 0.2) is 48.7 Å². The first-order valence-corrected chi connectivity index (χ1v) is 11.5. The summed E-state index contributed by atoms with van der Waals surface area (Å²) in [6.45, 7) is 1.18.